The van der Waals surface area contributed by atoms with Crippen LogP contribution in [0.15, 0.2) is 17.2 Å². The van der Waals surface area contributed by atoms with E-state index in [1.165, 1.54) is 12.4 Å². The second-order valence-corrected chi connectivity index (χ2v) is 3.71. The van der Waals surface area contributed by atoms with E-state index in [9.17, 15) is 9.59 Å². The number of H-pyrrole nitrogens is 1. The molecule has 0 saturated carbocycles. The lowest BCUT2D eigenvalue weighted by Gasteiger charge is -2.09. The van der Waals surface area contributed by atoms with Gasteiger partial charge in [-0.05, 0) is 27.1 Å². The first-order valence-electron chi connectivity index (χ1n) is 5.07. The number of nitrogens with one attached hydrogen (secondary N) is 2. The molecule has 0 aliphatic carbocycles. The molecule has 1 rings (SSSR count). The van der Waals surface area contributed by atoms with Crippen molar-refractivity contribution in [2.24, 2.45) is 0 Å². The maximum absolute atomic E-state index is 11.5. The molecule has 0 bridgehead atoms. The summed E-state index contributed by atoms with van der Waals surface area (Å²) in [6.45, 7) is 1.48. The summed E-state index contributed by atoms with van der Waals surface area (Å²) in [6.07, 6.45) is 2.08. The zero-order valence-electron chi connectivity index (χ0n) is 9.49. The maximum Gasteiger partial charge on any atom is 0.270 e. The van der Waals surface area contributed by atoms with Crippen LogP contribution in [0.4, 0.5) is 0 Å². The number of carbonyl (C=O) groups is 1. The molecule has 0 aliphatic rings. The van der Waals surface area contributed by atoms with Crippen LogP contribution < -0.4 is 10.9 Å². The van der Waals surface area contributed by atoms with Gasteiger partial charge in [0.05, 0.1) is 6.33 Å². The van der Waals surface area contributed by atoms with Gasteiger partial charge in [0, 0.05) is 12.6 Å². The van der Waals surface area contributed by atoms with Crippen LogP contribution in [0.25, 0.3) is 0 Å². The first-order valence-corrected chi connectivity index (χ1v) is 5.07. The Morgan fingerprint density at radius 1 is 1.56 bits per heavy atom. The molecule has 2 N–H and O–H groups in total. The van der Waals surface area contributed by atoms with Crippen LogP contribution in [-0.4, -0.2) is 48.0 Å². The molecule has 6 nitrogen and oxygen atoms in total. The standard InChI is InChI=1S/C10H16N4O2/c1-14(2)5-3-4-11-10(16)8-6-9(15)13-7-12-8/h6-7H,3-5H2,1-2H3,(H,11,16)(H,12,13,15). The highest BCUT2D eigenvalue weighted by molar-refractivity contribution is 5.91. The summed E-state index contributed by atoms with van der Waals surface area (Å²) in [6, 6.07) is 1.18. The van der Waals surface area contributed by atoms with Crippen molar-refractivity contribution in [3.63, 3.8) is 0 Å². The van der Waals surface area contributed by atoms with E-state index in [0.717, 1.165) is 13.0 Å². The first-order chi connectivity index (χ1) is 7.59. The van der Waals surface area contributed by atoms with Crippen molar-refractivity contribution in [3.8, 4) is 0 Å². The largest absolute Gasteiger partial charge is 0.351 e. The van der Waals surface area contributed by atoms with Crippen LogP contribution in [-0.2, 0) is 0 Å². The Bertz CT molecular complexity index is 400. The summed E-state index contributed by atoms with van der Waals surface area (Å²) in [7, 11) is 3.94. The van der Waals surface area contributed by atoms with E-state index < -0.39 is 0 Å². The van der Waals surface area contributed by atoms with E-state index in [0.29, 0.717) is 6.54 Å². The average Bonchev–Trinajstić information content (AvgIpc) is 2.24. The van der Waals surface area contributed by atoms with E-state index in [1.807, 2.05) is 19.0 Å². The van der Waals surface area contributed by atoms with Crippen LogP contribution >= 0.6 is 0 Å². The van der Waals surface area contributed by atoms with Crippen molar-refractivity contribution in [3.05, 3.63) is 28.4 Å². The zero-order chi connectivity index (χ0) is 12.0. The molecule has 0 saturated heterocycles. The molecular weight excluding hydrogens is 208 g/mol. The third-order valence-corrected chi connectivity index (χ3v) is 1.98. The van der Waals surface area contributed by atoms with Gasteiger partial charge >= 0.3 is 0 Å². The van der Waals surface area contributed by atoms with Gasteiger partial charge < -0.3 is 15.2 Å². The van der Waals surface area contributed by atoms with E-state index in [2.05, 4.69) is 15.3 Å². The molecule has 0 radical (unpaired) electrons. The van der Waals surface area contributed by atoms with Crippen molar-refractivity contribution in [2.75, 3.05) is 27.2 Å². The average molecular weight is 224 g/mol. The summed E-state index contributed by atoms with van der Waals surface area (Å²) in [5, 5.41) is 2.70. The van der Waals surface area contributed by atoms with E-state index >= 15 is 0 Å². The number of nitrogens with zero attached hydrogens (tertiary/aromatic N) is 2. The van der Waals surface area contributed by atoms with Gasteiger partial charge in [0.15, 0.2) is 0 Å². The molecule has 88 valence electrons. The number of carbonyl (C=O) groups excluding carboxylic acids is 1. The number of aromatic nitrogens is 2. The Kier molecular flexibility index (Phi) is 4.65. The molecule has 1 amide bonds. The Labute approximate surface area is 93.7 Å². The number of hydrogen-bond acceptors (Lipinski definition) is 4. The van der Waals surface area contributed by atoms with Crippen LogP contribution in [0.1, 0.15) is 16.9 Å². The van der Waals surface area contributed by atoms with Crippen molar-refractivity contribution >= 4 is 5.91 Å². The Hall–Kier alpha value is -1.69. The lowest BCUT2D eigenvalue weighted by atomic mass is 10.3. The fourth-order valence-electron chi connectivity index (χ4n) is 1.18. The maximum atomic E-state index is 11.5. The number of rotatable bonds is 5. The summed E-state index contributed by atoms with van der Waals surface area (Å²) in [5.41, 5.74) is -0.179. The molecule has 0 fully saturated rings. The van der Waals surface area contributed by atoms with Crippen LogP contribution in [0, 0.1) is 0 Å². The lowest BCUT2D eigenvalue weighted by molar-refractivity contribution is 0.0947. The van der Waals surface area contributed by atoms with E-state index in [-0.39, 0.29) is 17.2 Å². The van der Waals surface area contributed by atoms with Gasteiger partial charge in [-0.2, -0.15) is 0 Å². The second-order valence-electron chi connectivity index (χ2n) is 3.71. The highest BCUT2D eigenvalue weighted by Crippen LogP contribution is 1.88. The monoisotopic (exact) mass is 224 g/mol. The minimum atomic E-state index is -0.326. The first kappa shape index (κ1) is 12.4. The van der Waals surface area contributed by atoms with Gasteiger partial charge in [-0.25, -0.2) is 4.98 Å². The Morgan fingerprint density at radius 2 is 2.31 bits per heavy atom. The van der Waals surface area contributed by atoms with Crippen LogP contribution in [0.3, 0.4) is 0 Å². The second kappa shape index (κ2) is 6.02. The number of aromatic amines is 1. The normalized spacial score (nSPS) is 10.4. The van der Waals surface area contributed by atoms with Crippen LogP contribution in [0.2, 0.25) is 0 Å². The van der Waals surface area contributed by atoms with Gasteiger partial charge in [-0.1, -0.05) is 0 Å². The third kappa shape index (κ3) is 4.22. The van der Waals surface area contributed by atoms with Gasteiger partial charge in [-0.15, -0.1) is 0 Å². The molecule has 16 heavy (non-hydrogen) atoms. The molecular formula is C10H16N4O2. The fourth-order valence-corrected chi connectivity index (χ4v) is 1.18. The molecule has 0 unspecified atom stereocenters. The fraction of sp³-hybridized carbons (Fsp3) is 0.500. The molecule has 0 aromatic carbocycles. The summed E-state index contributed by atoms with van der Waals surface area (Å²) < 4.78 is 0. The minimum absolute atomic E-state index is 0.147. The quantitative estimate of drug-likeness (QED) is 0.658. The third-order valence-electron chi connectivity index (χ3n) is 1.98. The number of amides is 1. The molecule has 1 aromatic heterocycles. The number of hydrogen-bond donors (Lipinski definition) is 2. The smallest absolute Gasteiger partial charge is 0.270 e. The molecule has 6 heteroatoms. The summed E-state index contributed by atoms with van der Waals surface area (Å²) >= 11 is 0. The van der Waals surface area contributed by atoms with Gasteiger partial charge in [-0.3, -0.25) is 9.59 Å². The molecule has 1 aromatic rings. The topological polar surface area (TPSA) is 78.1 Å². The van der Waals surface area contributed by atoms with Gasteiger partial charge in [0.2, 0.25) is 0 Å². The van der Waals surface area contributed by atoms with Crippen molar-refractivity contribution in [2.45, 2.75) is 6.42 Å². The highest BCUT2D eigenvalue weighted by atomic mass is 16.2. The van der Waals surface area contributed by atoms with Crippen LogP contribution in [0.5, 0.6) is 0 Å². The Morgan fingerprint density at radius 3 is 2.94 bits per heavy atom. The molecule has 0 aliphatic heterocycles. The van der Waals surface area contributed by atoms with E-state index in [1.54, 1.807) is 0 Å². The minimum Gasteiger partial charge on any atom is -0.351 e. The molecule has 0 spiro atoms. The van der Waals surface area contributed by atoms with Crippen molar-refractivity contribution in [1.82, 2.24) is 20.2 Å². The highest BCUT2D eigenvalue weighted by Gasteiger charge is 2.06. The molecule has 0 atom stereocenters. The van der Waals surface area contributed by atoms with Gasteiger partial charge in [0.1, 0.15) is 5.69 Å². The van der Waals surface area contributed by atoms with Crippen molar-refractivity contribution < 1.29 is 4.79 Å². The molecule has 1 heterocycles. The van der Waals surface area contributed by atoms with E-state index in [4.69, 9.17) is 0 Å². The van der Waals surface area contributed by atoms with Gasteiger partial charge in [0.25, 0.3) is 11.5 Å². The summed E-state index contributed by atoms with van der Waals surface area (Å²) in [4.78, 5) is 30.6. The summed E-state index contributed by atoms with van der Waals surface area (Å²) in [5.74, 6) is -0.315. The predicted octanol–water partition coefficient (Wildman–Crippen LogP) is -0.549. The zero-order valence-corrected chi connectivity index (χ0v) is 9.49. The predicted molar refractivity (Wildman–Crippen MR) is 60.4 cm³/mol. The Balaban J connectivity index is 2.38. The SMILES string of the molecule is CN(C)CCCNC(=O)c1cc(=O)[nH]cn1. The van der Waals surface area contributed by atoms with Crippen molar-refractivity contribution in [1.29, 1.82) is 0 Å². The lowest BCUT2D eigenvalue weighted by Crippen LogP contribution is -2.28.